The van der Waals surface area contributed by atoms with E-state index in [0.29, 0.717) is 6.42 Å². The average Bonchev–Trinajstić information content (AvgIpc) is 2.24. The van der Waals surface area contributed by atoms with Crippen LogP contribution in [0.2, 0.25) is 0 Å². The first-order valence-corrected chi connectivity index (χ1v) is 6.24. The summed E-state index contributed by atoms with van der Waals surface area (Å²) >= 11 is 3.42. The Kier molecular flexibility index (Phi) is 4.62. The summed E-state index contributed by atoms with van der Waals surface area (Å²) in [5.41, 5.74) is 7.41. The van der Waals surface area contributed by atoms with Crippen LogP contribution in [0, 0.1) is 0 Å². The molecule has 0 bridgehead atoms. The van der Waals surface area contributed by atoms with Crippen molar-refractivity contribution in [3.05, 3.63) is 22.7 Å². The van der Waals surface area contributed by atoms with E-state index < -0.39 is 0 Å². The summed E-state index contributed by atoms with van der Waals surface area (Å²) in [6.07, 6.45) is 1.63. The Labute approximate surface area is 105 Å². The lowest BCUT2D eigenvalue weighted by atomic mass is 9.94. The highest BCUT2D eigenvalue weighted by molar-refractivity contribution is 9.10. The summed E-state index contributed by atoms with van der Waals surface area (Å²) < 4.78 is 0.992. The predicted octanol–water partition coefficient (Wildman–Crippen LogP) is 2.99. The summed E-state index contributed by atoms with van der Waals surface area (Å²) in [7, 11) is 0. The van der Waals surface area contributed by atoms with Gasteiger partial charge in [0.1, 0.15) is 0 Å². The summed E-state index contributed by atoms with van der Waals surface area (Å²) in [4.78, 5) is 0. The number of hydrogen-bond acceptors (Lipinski definition) is 3. The number of nitrogen functional groups attached to an aromatic ring is 1. The van der Waals surface area contributed by atoms with Gasteiger partial charge in [-0.1, -0.05) is 22.9 Å². The summed E-state index contributed by atoms with van der Waals surface area (Å²) in [5.74, 6) is 0. The Morgan fingerprint density at radius 3 is 2.75 bits per heavy atom. The fourth-order valence-electron chi connectivity index (χ4n) is 1.54. The molecule has 1 atom stereocenters. The molecular weight excluding hydrogens is 268 g/mol. The van der Waals surface area contributed by atoms with E-state index in [4.69, 9.17) is 10.8 Å². The van der Waals surface area contributed by atoms with Crippen LogP contribution in [0.1, 0.15) is 26.7 Å². The fourth-order valence-corrected chi connectivity index (χ4v) is 1.90. The number of aliphatic hydroxyl groups is 1. The summed E-state index contributed by atoms with van der Waals surface area (Å²) in [6.45, 7) is 4.35. The highest BCUT2D eigenvalue weighted by Gasteiger charge is 2.21. The highest BCUT2D eigenvalue weighted by Crippen LogP contribution is 2.28. The molecule has 0 amide bonds. The van der Waals surface area contributed by atoms with Gasteiger partial charge in [-0.2, -0.15) is 0 Å². The molecule has 0 fully saturated rings. The third kappa shape index (κ3) is 3.39. The second-order valence-corrected chi connectivity index (χ2v) is 5.16. The molecule has 0 heterocycles. The SMILES string of the molecule is CCC(C)(CCO)Nc1cc(Br)ccc1N. The number of nitrogens with one attached hydrogen (secondary N) is 1. The smallest absolute Gasteiger partial charge is 0.0589 e. The van der Waals surface area contributed by atoms with E-state index in [1.165, 1.54) is 0 Å². The molecule has 0 aliphatic rings. The summed E-state index contributed by atoms with van der Waals surface area (Å²) in [6, 6.07) is 5.73. The molecule has 1 unspecified atom stereocenters. The number of rotatable bonds is 5. The minimum atomic E-state index is -0.121. The molecule has 0 aromatic heterocycles. The normalized spacial score (nSPS) is 14.5. The predicted molar refractivity (Wildman–Crippen MR) is 72.6 cm³/mol. The minimum absolute atomic E-state index is 0.121. The lowest BCUT2D eigenvalue weighted by Crippen LogP contribution is -2.35. The van der Waals surface area contributed by atoms with E-state index in [2.05, 4.69) is 35.1 Å². The maximum Gasteiger partial charge on any atom is 0.0589 e. The molecule has 0 aliphatic heterocycles. The maximum atomic E-state index is 9.05. The molecule has 0 spiro atoms. The van der Waals surface area contributed by atoms with Crippen molar-refractivity contribution in [1.29, 1.82) is 0 Å². The highest BCUT2D eigenvalue weighted by atomic mass is 79.9. The van der Waals surface area contributed by atoms with Crippen LogP contribution in [0.25, 0.3) is 0 Å². The molecule has 0 saturated carbocycles. The zero-order chi connectivity index (χ0) is 12.2. The number of aliphatic hydroxyl groups excluding tert-OH is 1. The van der Waals surface area contributed by atoms with E-state index >= 15 is 0 Å². The number of benzene rings is 1. The topological polar surface area (TPSA) is 58.3 Å². The first-order chi connectivity index (χ1) is 7.50. The van der Waals surface area contributed by atoms with Gasteiger partial charge >= 0.3 is 0 Å². The number of halogens is 1. The van der Waals surface area contributed by atoms with Crippen LogP contribution in [0.4, 0.5) is 11.4 Å². The van der Waals surface area contributed by atoms with Crippen molar-refractivity contribution in [3.8, 4) is 0 Å². The van der Waals surface area contributed by atoms with Gasteiger partial charge < -0.3 is 16.2 Å². The molecular formula is C12H19BrN2O. The number of nitrogens with two attached hydrogens (primary N) is 1. The molecule has 0 aliphatic carbocycles. The van der Waals surface area contributed by atoms with Crippen molar-refractivity contribution in [1.82, 2.24) is 0 Å². The molecule has 1 aromatic rings. The van der Waals surface area contributed by atoms with Gasteiger partial charge in [0.15, 0.2) is 0 Å². The molecule has 16 heavy (non-hydrogen) atoms. The molecule has 3 nitrogen and oxygen atoms in total. The standard InChI is InChI=1S/C12H19BrN2O/c1-3-12(2,6-7-16)15-11-8-9(13)4-5-10(11)14/h4-5,8,15-16H,3,6-7,14H2,1-2H3. The second kappa shape index (κ2) is 5.55. The summed E-state index contributed by atoms with van der Waals surface area (Å²) in [5, 5.41) is 12.5. The van der Waals surface area contributed by atoms with Crippen LogP contribution in [-0.2, 0) is 0 Å². The molecule has 4 N–H and O–H groups in total. The number of anilines is 2. The average molecular weight is 287 g/mol. The molecule has 1 aromatic carbocycles. The lowest BCUT2D eigenvalue weighted by Gasteiger charge is -2.31. The van der Waals surface area contributed by atoms with Crippen LogP contribution >= 0.6 is 15.9 Å². The van der Waals surface area contributed by atoms with Gasteiger partial charge in [0.05, 0.1) is 11.4 Å². The Morgan fingerprint density at radius 1 is 1.50 bits per heavy atom. The molecule has 0 saturated heterocycles. The van der Waals surface area contributed by atoms with E-state index in [1.54, 1.807) is 0 Å². The van der Waals surface area contributed by atoms with Gasteiger partial charge in [-0.05, 0) is 38.0 Å². The van der Waals surface area contributed by atoms with E-state index in [0.717, 1.165) is 22.3 Å². The van der Waals surface area contributed by atoms with Crippen molar-refractivity contribution in [2.75, 3.05) is 17.7 Å². The Hall–Kier alpha value is -0.740. The third-order valence-corrected chi connectivity index (χ3v) is 3.39. The van der Waals surface area contributed by atoms with Gasteiger partial charge in [0.25, 0.3) is 0 Å². The molecule has 90 valence electrons. The first-order valence-electron chi connectivity index (χ1n) is 5.45. The van der Waals surface area contributed by atoms with Gasteiger partial charge in [-0.3, -0.25) is 0 Å². The molecule has 4 heteroatoms. The van der Waals surface area contributed by atoms with Crippen LogP contribution < -0.4 is 11.1 Å². The van der Waals surface area contributed by atoms with Gasteiger partial charge in [-0.15, -0.1) is 0 Å². The maximum absolute atomic E-state index is 9.05. The van der Waals surface area contributed by atoms with Crippen LogP contribution in [0.3, 0.4) is 0 Å². The fraction of sp³-hybridized carbons (Fsp3) is 0.500. The third-order valence-electron chi connectivity index (χ3n) is 2.90. The monoisotopic (exact) mass is 286 g/mol. The van der Waals surface area contributed by atoms with Gasteiger partial charge in [0, 0.05) is 16.6 Å². The minimum Gasteiger partial charge on any atom is -0.397 e. The van der Waals surface area contributed by atoms with Crippen molar-refractivity contribution < 1.29 is 5.11 Å². The zero-order valence-corrected chi connectivity index (χ0v) is 11.3. The van der Waals surface area contributed by atoms with E-state index in [9.17, 15) is 0 Å². The Morgan fingerprint density at radius 2 is 2.19 bits per heavy atom. The molecule has 1 rings (SSSR count). The van der Waals surface area contributed by atoms with Crippen LogP contribution in [0.5, 0.6) is 0 Å². The van der Waals surface area contributed by atoms with Crippen molar-refractivity contribution in [2.45, 2.75) is 32.2 Å². The first kappa shape index (κ1) is 13.3. The quantitative estimate of drug-likeness (QED) is 0.730. The van der Waals surface area contributed by atoms with E-state index in [-0.39, 0.29) is 12.1 Å². The van der Waals surface area contributed by atoms with Crippen molar-refractivity contribution in [3.63, 3.8) is 0 Å². The largest absolute Gasteiger partial charge is 0.397 e. The molecule has 0 radical (unpaired) electrons. The Balaban J connectivity index is 2.89. The zero-order valence-electron chi connectivity index (χ0n) is 9.76. The van der Waals surface area contributed by atoms with E-state index in [1.807, 2.05) is 18.2 Å². The van der Waals surface area contributed by atoms with Crippen LogP contribution in [-0.4, -0.2) is 17.3 Å². The number of hydrogen-bond donors (Lipinski definition) is 3. The lowest BCUT2D eigenvalue weighted by molar-refractivity contribution is 0.252. The van der Waals surface area contributed by atoms with Crippen molar-refractivity contribution >= 4 is 27.3 Å². The van der Waals surface area contributed by atoms with Crippen LogP contribution in [0.15, 0.2) is 22.7 Å². The Bertz CT molecular complexity index is 357. The van der Waals surface area contributed by atoms with Gasteiger partial charge in [-0.25, -0.2) is 0 Å². The van der Waals surface area contributed by atoms with Gasteiger partial charge in [0.2, 0.25) is 0 Å². The second-order valence-electron chi connectivity index (χ2n) is 4.24. The van der Waals surface area contributed by atoms with Crippen molar-refractivity contribution in [2.24, 2.45) is 0 Å².